The molecule has 46 heavy (non-hydrogen) atoms. The molecule has 15 heteroatoms. The monoisotopic (exact) mass is 645 g/mol. The van der Waals surface area contributed by atoms with E-state index < -0.39 is 10.0 Å². The minimum atomic E-state index is -3.72. The van der Waals surface area contributed by atoms with Crippen LogP contribution in [0.25, 0.3) is 11.3 Å². The SMILES string of the molecule is Cc1cnc(Nc2ccc(N3CCOCC3)cc2)nc1-c1cnn(C(CC#N)CC2CCN(NS(=O)(=O)c3ccn(C)n3)CC2)c1. The van der Waals surface area contributed by atoms with Crippen molar-refractivity contribution in [3.8, 4) is 17.3 Å². The van der Waals surface area contributed by atoms with Crippen LogP contribution in [-0.4, -0.2) is 82.3 Å². The zero-order valence-electron chi connectivity index (χ0n) is 26.1. The fourth-order valence-corrected chi connectivity index (χ4v) is 7.04. The second-order valence-corrected chi connectivity index (χ2v) is 13.4. The number of nitrogens with one attached hydrogen (secondary N) is 2. The van der Waals surface area contributed by atoms with Crippen molar-refractivity contribution in [2.75, 3.05) is 49.6 Å². The number of hydrogen-bond acceptors (Lipinski definition) is 11. The van der Waals surface area contributed by atoms with Crippen LogP contribution >= 0.6 is 0 Å². The zero-order chi connectivity index (χ0) is 32.1. The number of rotatable bonds is 11. The van der Waals surface area contributed by atoms with E-state index in [-0.39, 0.29) is 11.1 Å². The van der Waals surface area contributed by atoms with E-state index >= 15 is 0 Å². The minimum Gasteiger partial charge on any atom is -0.378 e. The van der Waals surface area contributed by atoms with Crippen LogP contribution in [0.3, 0.4) is 0 Å². The molecule has 2 fully saturated rings. The van der Waals surface area contributed by atoms with Crippen molar-refractivity contribution >= 4 is 27.3 Å². The molecule has 1 aromatic carbocycles. The number of morpholine rings is 1. The molecule has 2 N–H and O–H groups in total. The molecule has 0 amide bonds. The number of anilines is 3. The van der Waals surface area contributed by atoms with Crippen LogP contribution in [-0.2, 0) is 21.8 Å². The molecule has 2 aliphatic heterocycles. The van der Waals surface area contributed by atoms with Gasteiger partial charge in [0.25, 0.3) is 10.0 Å². The Morgan fingerprint density at radius 1 is 1.09 bits per heavy atom. The lowest BCUT2D eigenvalue weighted by Gasteiger charge is -2.33. The van der Waals surface area contributed by atoms with Crippen LogP contribution in [0.5, 0.6) is 0 Å². The van der Waals surface area contributed by atoms with Gasteiger partial charge in [-0.2, -0.15) is 15.5 Å². The van der Waals surface area contributed by atoms with E-state index in [1.807, 2.05) is 29.9 Å². The summed E-state index contributed by atoms with van der Waals surface area (Å²) in [5.41, 5.74) is 4.61. The Morgan fingerprint density at radius 2 is 1.85 bits per heavy atom. The molecule has 0 bridgehead atoms. The Bertz CT molecular complexity index is 1770. The topological polar surface area (TPSA) is 159 Å². The molecule has 14 nitrogen and oxygen atoms in total. The first-order chi connectivity index (χ1) is 22.3. The van der Waals surface area contributed by atoms with E-state index in [4.69, 9.17) is 9.72 Å². The van der Waals surface area contributed by atoms with E-state index in [1.165, 1.54) is 10.7 Å². The molecular weight excluding hydrogens is 606 g/mol. The maximum absolute atomic E-state index is 12.7. The number of aryl methyl sites for hydroxylation is 2. The molecule has 4 aromatic rings. The van der Waals surface area contributed by atoms with Crippen molar-refractivity contribution < 1.29 is 13.2 Å². The quantitative estimate of drug-likeness (QED) is 0.246. The van der Waals surface area contributed by atoms with Gasteiger partial charge in [-0.3, -0.25) is 9.36 Å². The largest absolute Gasteiger partial charge is 0.378 e. The van der Waals surface area contributed by atoms with Gasteiger partial charge in [0.05, 0.1) is 43.6 Å². The van der Waals surface area contributed by atoms with Crippen molar-refractivity contribution in [1.82, 2.24) is 39.4 Å². The average molecular weight is 646 g/mol. The summed E-state index contributed by atoms with van der Waals surface area (Å²) in [6, 6.07) is 11.9. The second-order valence-electron chi connectivity index (χ2n) is 11.8. The fourth-order valence-electron chi connectivity index (χ4n) is 5.95. The summed E-state index contributed by atoms with van der Waals surface area (Å²) in [6.45, 7) is 6.38. The smallest absolute Gasteiger partial charge is 0.272 e. The Balaban J connectivity index is 1.08. The van der Waals surface area contributed by atoms with Gasteiger partial charge in [0.1, 0.15) is 0 Å². The molecule has 1 atom stereocenters. The van der Waals surface area contributed by atoms with Gasteiger partial charge in [0.2, 0.25) is 5.95 Å². The highest BCUT2D eigenvalue weighted by Crippen LogP contribution is 2.30. The number of benzene rings is 1. The van der Waals surface area contributed by atoms with Crippen LogP contribution in [0.2, 0.25) is 0 Å². The third-order valence-corrected chi connectivity index (χ3v) is 9.75. The Labute approximate surface area is 269 Å². The lowest BCUT2D eigenvalue weighted by Crippen LogP contribution is -2.46. The van der Waals surface area contributed by atoms with E-state index in [0.29, 0.717) is 31.4 Å². The van der Waals surface area contributed by atoms with Crippen molar-refractivity contribution in [3.05, 3.63) is 60.7 Å². The van der Waals surface area contributed by atoms with E-state index in [1.54, 1.807) is 30.6 Å². The van der Waals surface area contributed by atoms with Gasteiger partial charge in [-0.1, -0.05) is 0 Å². The molecule has 5 heterocycles. The van der Waals surface area contributed by atoms with Crippen molar-refractivity contribution in [2.24, 2.45) is 13.0 Å². The van der Waals surface area contributed by atoms with Gasteiger partial charge in [0, 0.05) is 68.8 Å². The Kier molecular flexibility index (Phi) is 9.59. The number of sulfonamides is 1. The number of nitriles is 1. The van der Waals surface area contributed by atoms with Crippen LogP contribution in [0, 0.1) is 24.2 Å². The molecule has 2 aliphatic rings. The highest BCUT2D eigenvalue weighted by atomic mass is 32.2. The molecule has 0 radical (unpaired) electrons. The standard InChI is InChI=1S/C31H39N11O3S/c1-23-20-33-31(35-26-3-5-27(6-4-26)40-15-17-45-18-16-40)36-30(23)25-21-34-42(22-25)28(7-11-32)19-24-8-13-41(14-9-24)38-46(43,44)29-10-12-39(2)37-29/h3-6,10,12,20-22,24,28,38H,7-9,13-19H2,1-2H3,(H,33,35,36). The Morgan fingerprint density at radius 3 is 2.54 bits per heavy atom. The summed E-state index contributed by atoms with van der Waals surface area (Å²) in [6.07, 6.45) is 9.83. The van der Waals surface area contributed by atoms with Crippen LogP contribution in [0.1, 0.15) is 37.3 Å². The molecule has 3 aromatic heterocycles. The van der Waals surface area contributed by atoms with Gasteiger partial charge in [-0.05, 0) is 68.0 Å². The van der Waals surface area contributed by atoms with Crippen molar-refractivity contribution in [1.29, 1.82) is 5.26 Å². The predicted molar refractivity (Wildman–Crippen MR) is 172 cm³/mol. The third-order valence-electron chi connectivity index (χ3n) is 8.48. The summed E-state index contributed by atoms with van der Waals surface area (Å²) in [4.78, 5) is 14.3. The number of ether oxygens (including phenoxy) is 1. The van der Waals surface area contributed by atoms with Crippen LogP contribution in [0.15, 0.2) is 60.1 Å². The van der Waals surface area contributed by atoms with Gasteiger partial charge in [0.15, 0.2) is 5.03 Å². The number of hydrogen-bond donors (Lipinski definition) is 2. The van der Waals surface area contributed by atoms with Gasteiger partial charge in [-0.25, -0.2) is 23.4 Å². The van der Waals surface area contributed by atoms with E-state index in [2.05, 4.69) is 48.4 Å². The van der Waals surface area contributed by atoms with Gasteiger partial charge < -0.3 is 15.0 Å². The first kappa shape index (κ1) is 31.6. The third kappa shape index (κ3) is 7.53. The van der Waals surface area contributed by atoms with Crippen LogP contribution in [0.4, 0.5) is 17.3 Å². The molecule has 1 unspecified atom stereocenters. The lowest BCUT2D eigenvalue weighted by atomic mass is 9.90. The number of piperidine rings is 1. The van der Waals surface area contributed by atoms with Crippen molar-refractivity contribution in [2.45, 2.75) is 43.7 Å². The minimum absolute atomic E-state index is 0.000607. The van der Waals surface area contributed by atoms with Gasteiger partial charge >= 0.3 is 0 Å². The molecule has 242 valence electrons. The maximum Gasteiger partial charge on any atom is 0.272 e. The highest BCUT2D eigenvalue weighted by molar-refractivity contribution is 7.89. The number of hydrazine groups is 1. The lowest BCUT2D eigenvalue weighted by molar-refractivity contribution is 0.122. The Hall–Kier alpha value is -4.36. The van der Waals surface area contributed by atoms with Crippen LogP contribution < -0.4 is 15.0 Å². The average Bonchev–Trinajstić information content (AvgIpc) is 3.74. The fraction of sp³-hybridized carbons (Fsp3) is 0.452. The molecule has 2 saturated heterocycles. The predicted octanol–water partition coefficient (Wildman–Crippen LogP) is 3.41. The molecule has 0 saturated carbocycles. The first-order valence-electron chi connectivity index (χ1n) is 15.5. The first-order valence-corrected chi connectivity index (χ1v) is 17.0. The molecular formula is C31H39N11O3S. The maximum atomic E-state index is 12.7. The summed E-state index contributed by atoms with van der Waals surface area (Å²) in [5, 5.41) is 23.3. The van der Waals surface area contributed by atoms with Gasteiger partial charge in [-0.15, -0.1) is 4.83 Å². The summed E-state index contributed by atoms with van der Waals surface area (Å²) in [7, 11) is -2.04. The zero-order valence-corrected chi connectivity index (χ0v) is 26.9. The summed E-state index contributed by atoms with van der Waals surface area (Å²) >= 11 is 0. The summed E-state index contributed by atoms with van der Waals surface area (Å²) in [5.74, 6) is 0.819. The van der Waals surface area contributed by atoms with Crippen molar-refractivity contribution in [3.63, 3.8) is 0 Å². The highest BCUT2D eigenvalue weighted by Gasteiger charge is 2.27. The molecule has 0 spiro atoms. The summed E-state index contributed by atoms with van der Waals surface area (Å²) < 4.78 is 34.1. The second kappa shape index (κ2) is 14.0. The van der Waals surface area contributed by atoms with E-state index in [9.17, 15) is 13.7 Å². The normalized spacial score (nSPS) is 17.1. The number of aromatic nitrogens is 6. The molecule has 6 rings (SSSR count). The van der Waals surface area contributed by atoms with E-state index in [0.717, 1.165) is 73.8 Å². The molecule has 0 aliphatic carbocycles. The number of nitrogens with zero attached hydrogens (tertiary/aromatic N) is 9.